The maximum atomic E-state index is 13.8. The predicted molar refractivity (Wildman–Crippen MR) is 136 cm³/mol. The van der Waals surface area contributed by atoms with E-state index in [2.05, 4.69) is 72.8 Å². The van der Waals surface area contributed by atoms with Crippen LogP contribution in [-0.2, 0) is 4.79 Å². The molecule has 3 heteroatoms. The van der Waals surface area contributed by atoms with Gasteiger partial charge in [0.25, 0.3) is 0 Å². The fraction of sp³-hybridized carbons (Fsp3) is 0.731. The number of carbonyl (C=O) groups is 1. The van der Waals surface area contributed by atoms with Crippen molar-refractivity contribution in [2.75, 3.05) is 23.8 Å². The fourth-order valence-corrected chi connectivity index (χ4v) is 12.2. The standard InChI is InChI=1S/C26H48NOP/c1-9-12-15-29(16-13-10-2,17-14-11-3)25(20(4)5)26(28)27-24-22(7)18-21(6)19-23(24)8/h18-20,25,29H,9-17H2,1-8H3,(H,27,28). The van der Waals surface area contributed by atoms with Gasteiger partial charge in [-0.3, -0.25) is 0 Å². The molecular weight excluding hydrogens is 373 g/mol. The number of hydrogen-bond donors (Lipinski definition) is 1. The second-order valence-electron chi connectivity index (χ2n) is 9.66. The molecule has 0 saturated carbocycles. The summed E-state index contributed by atoms with van der Waals surface area (Å²) in [6.07, 6.45) is 11.5. The molecule has 2 nitrogen and oxygen atoms in total. The van der Waals surface area contributed by atoms with Crippen molar-refractivity contribution >= 4 is 18.9 Å². The van der Waals surface area contributed by atoms with Crippen molar-refractivity contribution in [3.8, 4) is 0 Å². The zero-order chi connectivity index (χ0) is 22.0. The van der Waals surface area contributed by atoms with Crippen LogP contribution in [-0.4, -0.2) is 30.1 Å². The van der Waals surface area contributed by atoms with Crippen molar-refractivity contribution in [2.45, 2.75) is 99.6 Å². The first-order valence-electron chi connectivity index (χ1n) is 12.1. The molecule has 1 atom stereocenters. The Bertz CT molecular complexity index is 593. The van der Waals surface area contributed by atoms with Crippen LogP contribution in [0, 0.1) is 26.7 Å². The number of amides is 1. The molecule has 1 aromatic rings. The van der Waals surface area contributed by atoms with E-state index in [1.807, 2.05) is 0 Å². The molecule has 0 aliphatic carbocycles. The summed E-state index contributed by atoms with van der Waals surface area (Å²) in [5.41, 5.74) is 4.86. The van der Waals surface area contributed by atoms with Gasteiger partial charge in [-0.15, -0.1) is 0 Å². The van der Waals surface area contributed by atoms with Crippen LogP contribution in [0.3, 0.4) is 0 Å². The van der Waals surface area contributed by atoms with Crippen LogP contribution in [0.1, 0.15) is 89.8 Å². The first-order valence-corrected chi connectivity index (χ1v) is 14.8. The van der Waals surface area contributed by atoms with Gasteiger partial charge in [-0.25, -0.2) is 0 Å². The Balaban J connectivity index is 3.32. The SMILES string of the molecule is CCCC[PH](CCCC)(CCCC)C(C(=O)Nc1c(C)cc(C)cc1C)C(C)C. The van der Waals surface area contributed by atoms with E-state index in [1.165, 1.54) is 73.7 Å². The van der Waals surface area contributed by atoms with E-state index >= 15 is 0 Å². The number of nitrogens with one attached hydrogen (secondary N) is 1. The Morgan fingerprint density at radius 3 is 1.62 bits per heavy atom. The maximum absolute atomic E-state index is 13.8. The minimum atomic E-state index is -1.73. The molecule has 0 saturated heterocycles. The van der Waals surface area contributed by atoms with Crippen LogP contribution in [0.25, 0.3) is 0 Å². The van der Waals surface area contributed by atoms with Gasteiger partial charge in [0, 0.05) is 0 Å². The molecule has 0 aliphatic heterocycles. The summed E-state index contributed by atoms with van der Waals surface area (Å²) in [4.78, 5) is 13.8. The topological polar surface area (TPSA) is 29.1 Å². The Morgan fingerprint density at radius 1 is 0.862 bits per heavy atom. The molecule has 1 unspecified atom stereocenters. The molecule has 1 N–H and O–H groups in total. The van der Waals surface area contributed by atoms with Gasteiger partial charge >= 0.3 is 182 Å². The molecule has 1 aromatic carbocycles. The zero-order valence-corrected chi connectivity index (χ0v) is 21.6. The van der Waals surface area contributed by atoms with Crippen molar-refractivity contribution in [1.82, 2.24) is 0 Å². The predicted octanol–water partition coefficient (Wildman–Crippen LogP) is 7.73. The van der Waals surface area contributed by atoms with Gasteiger partial charge in [0.15, 0.2) is 0 Å². The Kier molecular flexibility index (Phi) is 11.5. The Hall–Kier alpha value is -0.880. The number of aryl methyl sites for hydroxylation is 3. The van der Waals surface area contributed by atoms with Crippen molar-refractivity contribution < 1.29 is 4.79 Å². The second kappa shape index (κ2) is 12.7. The van der Waals surface area contributed by atoms with Gasteiger partial charge in [-0.1, -0.05) is 0 Å². The first kappa shape index (κ1) is 26.2. The van der Waals surface area contributed by atoms with E-state index in [0.717, 1.165) is 5.69 Å². The Labute approximate surface area is 182 Å². The van der Waals surface area contributed by atoms with E-state index in [9.17, 15) is 4.79 Å². The van der Waals surface area contributed by atoms with Crippen molar-refractivity contribution in [3.05, 3.63) is 28.8 Å². The Morgan fingerprint density at radius 2 is 1.28 bits per heavy atom. The number of hydrogen-bond acceptors (Lipinski definition) is 1. The summed E-state index contributed by atoms with van der Waals surface area (Å²) >= 11 is 0. The molecule has 168 valence electrons. The first-order chi connectivity index (χ1) is 13.7. The number of rotatable bonds is 13. The summed E-state index contributed by atoms with van der Waals surface area (Å²) in [5.74, 6) is 0.698. The zero-order valence-electron chi connectivity index (χ0n) is 20.6. The van der Waals surface area contributed by atoms with Gasteiger partial charge in [-0.2, -0.15) is 0 Å². The summed E-state index contributed by atoms with van der Waals surface area (Å²) in [5, 5.41) is 3.42. The minimum absolute atomic E-state index is 0.201. The second-order valence-corrected chi connectivity index (χ2v) is 14.5. The van der Waals surface area contributed by atoms with Crippen LogP contribution in [0.15, 0.2) is 12.1 Å². The van der Waals surface area contributed by atoms with Crippen molar-refractivity contribution in [1.29, 1.82) is 0 Å². The molecule has 0 aromatic heterocycles. The molecule has 1 amide bonds. The number of unbranched alkanes of at least 4 members (excludes halogenated alkanes) is 3. The third kappa shape index (κ3) is 7.39. The summed E-state index contributed by atoms with van der Waals surface area (Å²) in [6, 6.07) is 4.37. The van der Waals surface area contributed by atoms with E-state index < -0.39 is 7.26 Å². The average Bonchev–Trinajstić information content (AvgIpc) is 2.65. The molecule has 0 fully saturated rings. The van der Waals surface area contributed by atoms with Gasteiger partial charge < -0.3 is 0 Å². The third-order valence-corrected chi connectivity index (χ3v) is 12.9. The quantitative estimate of drug-likeness (QED) is 0.324. The monoisotopic (exact) mass is 421 g/mol. The van der Waals surface area contributed by atoms with Crippen molar-refractivity contribution in [2.24, 2.45) is 5.92 Å². The number of anilines is 1. The fourth-order valence-electron chi connectivity index (χ4n) is 5.29. The normalized spacial score (nSPS) is 13.6. The summed E-state index contributed by atoms with van der Waals surface area (Å²) in [7, 11) is -1.73. The van der Waals surface area contributed by atoms with Crippen molar-refractivity contribution in [3.63, 3.8) is 0 Å². The summed E-state index contributed by atoms with van der Waals surface area (Å²) < 4.78 is 0. The van der Waals surface area contributed by atoms with Gasteiger partial charge in [0.05, 0.1) is 0 Å². The van der Waals surface area contributed by atoms with Gasteiger partial charge in [-0.05, 0) is 0 Å². The van der Waals surface area contributed by atoms with E-state index in [1.54, 1.807) is 0 Å². The third-order valence-electron chi connectivity index (χ3n) is 6.62. The molecule has 0 heterocycles. The molecule has 0 spiro atoms. The molecule has 0 aliphatic rings. The van der Waals surface area contributed by atoms with E-state index in [-0.39, 0.29) is 5.66 Å². The van der Waals surface area contributed by atoms with E-state index in [4.69, 9.17) is 0 Å². The number of benzene rings is 1. The molecule has 29 heavy (non-hydrogen) atoms. The summed E-state index contributed by atoms with van der Waals surface area (Å²) in [6.45, 7) is 17.8. The molecule has 1 rings (SSSR count). The van der Waals surface area contributed by atoms with Crippen LogP contribution < -0.4 is 5.32 Å². The van der Waals surface area contributed by atoms with E-state index in [0.29, 0.717) is 11.8 Å². The molecule has 0 bridgehead atoms. The van der Waals surface area contributed by atoms with Gasteiger partial charge in [0.1, 0.15) is 0 Å². The van der Waals surface area contributed by atoms with Crippen LogP contribution in [0.2, 0.25) is 0 Å². The van der Waals surface area contributed by atoms with Gasteiger partial charge in [0.2, 0.25) is 0 Å². The van der Waals surface area contributed by atoms with Crippen LogP contribution in [0.4, 0.5) is 5.69 Å². The molecule has 0 radical (unpaired) electrons. The number of carbonyl (C=O) groups excluding carboxylic acids is 1. The van der Waals surface area contributed by atoms with Crippen LogP contribution >= 0.6 is 7.26 Å². The van der Waals surface area contributed by atoms with Crippen LogP contribution in [0.5, 0.6) is 0 Å². The average molecular weight is 422 g/mol. The molecular formula is C26H48NOP.